The first-order chi connectivity index (χ1) is 12.4. The summed E-state index contributed by atoms with van der Waals surface area (Å²) in [4.78, 5) is 12.5. The van der Waals surface area contributed by atoms with Crippen LogP contribution in [0.1, 0.15) is 16.7 Å². The predicted molar refractivity (Wildman–Crippen MR) is 107 cm³/mol. The lowest BCUT2D eigenvalue weighted by Gasteiger charge is -2.05. The number of fused-ring (bicyclic) bond motifs is 2. The first-order valence-corrected chi connectivity index (χ1v) is 8.81. The van der Waals surface area contributed by atoms with Gasteiger partial charge in [0.1, 0.15) is 10.9 Å². The molecule has 1 aliphatic heterocycles. The predicted octanol–water partition coefficient (Wildman–Crippen LogP) is 5.29. The summed E-state index contributed by atoms with van der Waals surface area (Å²) in [5.74, 6) is 0.608. The lowest BCUT2D eigenvalue weighted by Crippen LogP contribution is -2.03. The standard InChI is InChI=1S/C20H16Cl2N2O2/c1-10-6-17-13(9-18(10)26-3)14(19(22)24(17)2)8-15-12-5-4-11(21)7-16(12)23-20(15)25/h4-9H,1-3H3,(H,23,25)/b15-8+. The van der Waals surface area contributed by atoms with Crippen molar-refractivity contribution in [3.8, 4) is 5.75 Å². The third kappa shape index (κ3) is 2.49. The first-order valence-electron chi connectivity index (χ1n) is 8.06. The molecule has 2 heterocycles. The molecular weight excluding hydrogens is 371 g/mol. The lowest BCUT2D eigenvalue weighted by atomic mass is 10.0. The molecule has 3 aromatic rings. The van der Waals surface area contributed by atoms with Crippen LogP contribution >= 0.6 is 23.2 Å². The summed E-state index contributed by atoms with van der Waals surface area (Å²) < 4.78 is 7.36. The molecule has 26 heavy (non-hydrogen) atoms. The van der Waals surface area contributed by atoms with Crippen molar-refractivity contribution in [3.63, 3.8) is 0 Å². The molecule has 0 saturated heterocycles. The zero-order valence-corrected chi connectivity index (χ0v) is 16.0. The maximum Gasteiger partial charge on any atom is 0.256 e. The molecule has 0 atom stereocenters. The van der Waals surface area contributed by atoms with Gasteiger partial charge in [-0.2, -0.15) is 0 Å². The van der Waals surface area contributed by atoms with Crippen LogP contribution < -0.4 is 10.1 Å². The van der Waals surface area contributed by atoms with E-state index in [9.17, 15) is 4.79 Å². The Morgan fingerprint density at radius 1 is 1.19 bits per heavy atom. The molecule has 1 amide bonds. The van der Waals surface area contributed by atoms with E-state index in [1.54, 1.807) is 19.2 Å². The van der Waals surface area contributed by atoms with E-state index in [1.165, 1.54) is 0 Å². The highest BCUT2D eigenvalue weighted by Crippen LogP contribution is 2.39. The molecule has 0 saturated carbocycles. The number of anilines is 1. The van der Waals surface area contributed by atoms with Crippen molar-refractivity contribution in [1.82, 2.24) is 4.57 Å². The van der Waals surface area contributed by atoms with E-state index in [1.807, 2.05) is 42.8 Å². The van der Waals surface area contributed by atoms with E-state index in [4.69, 9.17) is 27.9 Å². The van der Waals surface area contributed by atoms with Gasteiger partial charge in [0, 0.05) is 34.2 Å². The van der Waals surface area contributed by atoms with Crippen molar-refractivity contribution in [3.05, 3.63) is 57.2 Å². The molecule has 1 aromatic heterocycles. The fourth-order valence-corrected chi connectivity index (χ4v) is 3.79. The molecule has 0 bridgehead atoms. The normalized spacial score (nSPS) is 14.8. The number of methoxy groups -OCH3 is 1. The van der Waals surface area contributed by atoms with Crippen molar-refractivity contribution in [2.75, 3.05) is 12.4 Å². The number of ether oxygens (including phenoxy) is 1. The summed E-state index contributed by atoms with van der Waals surface area (Å²) in [5, 5.41) is 4.92. The molecule has 2 aromatic carbocycles. The maximum atomic E-state index is 12.5. The number of halogens is 2. The Kier molecular flexibility index (Phi) is 3.98. The molecular formula is C20H16Cl2N2O2. The quantitative estimate of drug-likeness (QED) is 0.607. The Morgan fingerprint density at radius 3 is 2.69 bits per heavy atom. The minimum atomic E-state index is -0.172. The highest BCUT2D eigenvalue weighted by molar-refractivity contribution is 6.39. The van der Waals surface area contributed by atoms with Gasteiger partial charge in [0.25, 0.3) is 5.91 Å². The van der Waals surface area contributed by atoms with E-state index in [-0.39, 0.29) is 5.91 Å². The van der Waals surface area contributed by atoms with Crippen LogP contribution in [0.3, 0.4) is 0 Å². The van der Waals surface area contributed by atoms with Crippen molar-refractivity contribution in [1.29, 1.82) is 0 Å². The number of nitrogens with one attached hydrogen (secondary N) is 1. The summed E-state index contributed by atoms with van der Waals surface area (Å²) in [6.07, 6.45) is 1.83. The smallest absolute Gasteiger partial charge is 0.256 e. The molecule has 132 valence electrons. The average molecular weight is 387 g/mol. The molecule has 4 nitrogen and oxygen atoms in total. The van der Waals surface area contributed by atoms with E-state index >= 15 is 0 Å². The van der Waals surface area contributed by atoms with Gasteiger partial charge in [-0.1, -0.05) is 29.3 Å². The Morgan fingerprint density at radius 2 is 1.96 bits per heavy atom. The minimum absolute atomic E-state index is 0.172. The second kappa shape index (κ2) is 6.08. The second-order valence-corrected chi connectivity index (χ2v) is 7.10. The fraction of sp³-hybridized carbons (Fsp3) is 0.150. The third-order valence-corrected chi connectivity index (χ3v) is 5.43. The molecule has 0 fully saturated rings. The number of carbonyl (C=O) groups is 1. The van der Waals surface area contributed by atoms with Crippen LogP contribution in [0.2, 0.25) is 10.2 Å². The Bertz CT molecular complexity index is 1110. The first kappa shape index (κ1) is 17.0. The van der Waals surface area contributed by atoms with Crippen molar-refractivity contribution >= 4 is 57.3 Å². The molecule has 0 radical (unpaired) electrons. The second-order valence-electron chi connectivity index (χ2n) is 6.30. The number of hydrogen-bond acceptors (Lipinski definition) is 2. The van der Waals surface area contributed by atoms with Gasteiger partial charge in [-0.05, 0) is 42.8 Å². The van der Waals surface area contributed by atoms with Crippen molar-refractivity contribution < 1.29 is 9.53 Å². The van der Waals surface area contributed by atoms with Gasteiger partial charge >= 0.3 is 0 Å². The molecule has 0 unspecified atom stereocenters. The van der Waals surface area contributed by atoms with Crippen molar-refractivity contribution in [2.45, 2.75) is 6.92 Å². The van der Waals surface area contributed by atoms with Gasteiger partial charge in [-0.3, -0.25) is 4.79 Å². The highest BCUT2D eigenvalue weighted by atomic mass is 35.5. The van der Waals surface area contributed by atoms with Crippen LogP contribution in [0, 0.1) is 6.92 Å². The Hall–Kier alpha value is -2.43. The molecule has 1 N–H and O–H groups in total. The van der Waals surface area contributed by atoms with E-state index in [2.05, 4.69) is 5.32 Å². The van der Waals surface area contributed by atoms with Crippen LogP contribution in [0.25, 0.3) is 22.6 Å². The molecule has 0 aliphatic carbocycles. The van der Waals surface area contributed by atoms with Crippen molar-refractivity contribution in [2.24, 2.45) is 7.05 Å². The van der Waals surface area contributed by atoms with Gasteiger partial charge < -0.3 is 14.6 Å². The summed E-state index contributed by atoms with van der Waals surface area (Å²) >= 11 is 12.6. The fourth-order valence-electron chi connectivity index (χ4n) is 3.38. The van der Waals surface area contributed by atoms with E-state index < -0.39 is 0 Å². The Balaban J connectivity index is 1.97. The SMILES string of the molecule is COc1cc2c(/C=C3/C(=O)Nc4cc(Cl)ccc43)c(Cl)n(C)c2cc1C. The van der Waals surface area contributed by atoms with Crippen LogP contribution in [0.15, 0.2) is 30.3 Å². The highest BCUT2D eigenvalue weighted by Gasteiger charge is 2.25. The molecule has 4 rings (SSSR count). The summed E-state index contributed by atoms with van der Waals surface area (Å²) in [6.45, 7) is 1.99. The van der Waals surface area contributed by atoms with Gasteiger partial charge in [-0.15, -0.1) is 0 Å². The molecule has 1 aliphatic rings. The van der Waals surface area contributed by atoms with E-state index in [0.717, 1.165) is 33.3 Å². The van der Waals surface area contributed by atoms with Crippen LogP contribution in [-0.2, 0) is 11.8 Å². The van der Waals surface area contributed by atoms with Gasteiger partial charge in [0.2, 0.25) is 0 Å². The number of amides is 1. The summed E-state index contributed by atoms with van der Waals surface area (Å²) in [5.41, 5.74) is 4.87. The van der Waals surface area contributed by atoms with Crippen LogP contribution in [0.5, 0.6) is 5.75 Å². The van der Waals surface area contributed by atoms with Gasteiger partial charge in [0.05, 0.1) is 18.3 Å². The van der Waals surface area contributed by atoms with Gasteiger partial charge in [-0.25, -0.2) is 0 Å². The van der Waals surface area contributed by atoms with Crippen LogP contribution in [0.4, 0.5) is 5.69 Å². The van der Waals surface area contributed by atoms with Crippen LogP contribution in [-0.4, -0.2) is 17.6 Å². The minimum Gasteiger partial charge on any atom is -0.496 e. The monoisotopic (exact) mass is 386 g/mol. The number of nitrogens with zero attached hydrogens (tertiary/aromatic N) is 1. The number of rotatable bonds is 2. The average Bonchev–Trinajstić information content (AvgIpc) is 3.03. The summed E-state index contributed by atoms with van der Waals surface area (Å²) in [6, 6.07) is 9.34. The Labute approximate surface area is 161 Å². The third-order valence-electron chi connectivity index (χ3n) is 4.73. The number of hydrogen-bond donors (Lipinski definition) is 1. The largest absolute Gasteiger partial charge is 0.496 e. The molecule has 6 heteroatoms. The summed E-state index contributed by atoms with van der Waals surface area (Å²) in [7, 11) is 3.54. The topological polar surface area (TPSA) is 43.3 Å². The lowest BCUT2D eigenvalue weighted by molar-refractivity contribution is -0.110. The number of aryl methyl sites for hydroxylation is 2. The molecule has 0 spiro atoms. The number of aromatic nitrogens is 1. The number of carbonyl (C=O) groups excluding carboxylic acids is 1. The maximum absolute atomic E-state index is 12.5. The number of benzene rings is 2. The zero-order chi connectivity index (χ0) is 18.6. The zero-order valence-electron chi connectivity index (χ0n) is 14.5. The van der Waals surface area contributed by atoms with Gasteiger partial charge in [0.15, 0.2) is 0 Å². The van der Waals surface area contributed by atoms with E-state index in [0.29, 0.717) is 21.4 Å².